The van der Waals surface area contributed by atoms with Gasteiger partial charge in [0.1, 0.15) is 0 Å². The third-order valence-corrected chi connectivity index (χ3v) is 13.6. The van der Waals surface area contributed by atoms with E-state index in [1.165, 1.54) is 37.2 Å². The summed E-state index contributed by atoms with van der Waals surface area (Å²) in [6, 6.07) is 24.6. The quantitative estimate of drug-likeness (QED) is 0.294. The highest BCUT2D eigenvalue weighted by Gasteiger charge is 2.31. The monoisotopic (exact) mass is 682 g/mol. The smallest absolute Gasteiger partial charge is 0.243 e. The number of rotatable bonds is 6. The molecule has 0 unspecified atom stereocenters. The highest BCUT2D eigenvalue weighted by Crippen LogP contribution is 2.24. The zero-order chi connectivity index (χ0) is 33.1. The predicted molar refractivity (Wildman–Crippen MR) is 176 cm³/mol. The number of aromatic nitrogens is 1. The molecule has 5 rings (SSSR count). The van der Waals surface area contributed by atoms with E-state index in [9.17, 15) is 25.3 Å². The number of fused-ring (bicyclic) bond motifs is 2. The van der Waals surface area contributed by atoms with Crippen molar-refractivity contribution in [3.63, 3.8) is 0 Å². The molecule has 1 aliphatic rings. The van der Waals surface area contributed by atoms with Crippen LogP contribution in [0.5, 0.6) is 0 Å². The van der Waals surface area contributed by atoms with E-state index in [1.54, 1.807) is 66.7 Å². The minimum absolute atomic E-state index is 0.0212. The Bertz CT molecular complexity index is 2000. The maximum atomic E-state index is 13.9. The van der Waals surface area contributed by atoms with Gasteiger partial charge in [-0.25, -0.2) is 25.3 Å². The number of benzene rings is 3. The van der Waals surface area contributed by atoms with Crippen molar-refractivity contribution in [2.45, 2.75) is 55.0 Å². The molecule has 0 fully saturated rings. The summed E-state index contributed by atoms with van der Waals surface area (Å²) >= 11 is 0. The first-order valence-electron chi connectivity index (χ1n) is 14.9. The van der Waals surface area contributed by atoms with Crippen molar-refractivity contribution < 1.29 is 25.3 Å². The Morgan fingerprint density at radius 3 is 1.20 bits per heavy atom. The van der Waals surface area contributed by atoms with Gasteiger partial charge in [-0.2, -0.15) is 12.9 Å². The summed E-state index contributed by atoms with van der Waals surface area (Å²) < 4.78 is 87.3. The highest BCUT2D eigenvalue weighted by molar-refractivity contribution is 7.89. The molecule has 0 radical (unpaired) electrons. The fourth-order valence-electron chi connectivity index (χ4n) is 5.21. The second-order valence-electron chi connectivity index (χ2n) is 11.5. The normalized spacial score (nSPS) is 16.7. The first kappa shape index (κ1) is 33.9. The van der Waals surface area contributed by atoms with Crippen LogP contribution in [0.25, 0.3) is 0 Å². The van der Waals surface area contributed by atoms with Crippen molar-refractivity contribution >= 4 is 30.1 Å². The van der Waals surface area contributed by atoms with Gasteiger partial charge >= 0.3 is 0 Å². The van der Waals surface area contributed by atoms with Crippen LogP contribution in [-0.4, -0.2) is 69.3 Å². The second-order valence-corrected chi connectivity index (χ2v) is 17.3. The number of hydrogen-bond acceptors (Lipinski definition) is 7. The van der Waals surface area contributed by atoms with E-state index >= 15 is 0 Å². The fraction of sp³-hybridized carbons (Fsp3) is 0.303. The molecule has 0 saturated carbocycles. The average Bonchev–Trinajstić information content (AvgIpc) is 3.02. The van der Waals surface area contributed by atoms with E-state index in [0.29, 0.717) is 11.4 Å². The van der Waals surface area contributed by atoms with E-state index in [1.807, 2.05) is 20.8 Å². The Morgan fingerprint density at radius 2 is 0.783 bits per heavy atom. The number of nitrogens with zero attached hydrogens (tertiary/aromatic N) is 4. The van der Waals surface area contributed by atoms with Crippen LogP contribution in [0, 0.1) is 20.8 Å². The summed E-state index contributed by atoms with van der Waals surface area (Å²) in [5.41, 5.74) is 3.57. The van der Waals surface area contributed by atoms with Gasteiger partial charge < -0.3 is 0 Å². The summed E-state index contributed by atoms with van der Waals surface area (Å²) in [5.74, 6) is 0. The number of pyridine rings is 1. The number of sulfonamides is 3. The van der Waals surface area contributed by atoms with Gasteiger partial charge in [-0.1, -0.05) is 59.2 Å². The molecule has 4 aromatic rings. The lowest BCUT2D eigenvalue weighted by Gasteiger charge is -2.27. The molecule has 2 heterocycles. The van der Waals surface area contributed by atoms with Gasteiger partial charge in [0, 0.05) is 26.2 Å². The summed E-state index contributed by atoms with van der Waals surface area (Å²) in [7, 11) is -12.1. The minimum Gasteiger partial charge on any atom is -0.255 e. The Morgan fingerprint density at radius 1 is 0.457 bits per heavy atom. The molecule has 2 bridgehead atoms. The molecule has 0 spiro atoms. The second kappa shape index (κ2) is 13.7. The van der Waals surface area contributed by atoms with Gasteiger partial charge in [-0.3, -0.25) is 4.98 Å². The lowest BCUT2D eigenvalue weighted by atomic mass is 10.2. The van der Waals surface area contributed by atoms with Crippen molar-refractivity contribution in [3.05, 3.63) is 119 Å². The molecule has 244 valence electrons. The molecule has 0 N–H and O–H groups in total. The van der Waals surface area contributed by atoms with Crippen LogP contribution >= 0.6 is 0 Å². The Hall–Kier alpha value is -3.46. The average molecular weight is 683 g/mol. The van der Waals surface area contributed by atoms with E-state index in [0.717, 1.165) is 16.7 Å². The van der Waals surface area contributed by atoms with E-state index in [-0.39, 0.29) is 60.4 Å². The summed E-state index contributed by atoms with van der Waals surface area (Å²) in [6.07, 6.45) is 0.167. The Kier molecular flexibility index (Phi) is 10.1. The summed E-state index contributed by atoms with van der Waals surface area (Å²) in [4.78, 5) is 4.94. The van der Waals surface area contributed by atoms with Gasteiger partial charge in [-0.15, -0.1) is 0 Å². The zero-order valence-corrected chi connectivity index (χ0v) is 28.5. The molecular formula is C33H38N4O6S3. The van der Waals surface area contributed by atoms with E-state index in [4.69, 9.17) is 0 Å². The van der Waals surface area contributed by atoms with Crippen molar-refractivity contribution in [1.29, 1.82) is 0 Å². The lowest BCUT2D eigenvalue weighted by molar-refractivity contribution is 0.324. The number of aryl methyl sites for hydroxylation is 3. The standard InChI is InChI=1S/C33H38N4O6S3/c1-26-8-14-31(15-9-26)44(38,39)35-20-5-21-36(45(40,41)32-16-10-27(2)11-17-32)24-29-6-4-7-30(34-29)25-37(23-22-35)46(42,43)33-18-12-28(3)13-19-33/h4,6-19H,5,20-25H2,1-3H3. The molecule has 0 atom stereocenters. The van der Waals surface area contributed by atoms with Gasteiger partial charge in [0.15, 0.2) is 0 Å². The highest BCUT2D eigenvalue weighted by atomic mass is 32.2. The zero-order valence-electron chi connectivity index (χ0n) is 26.1. The van der Waals surface area contributed by atoms with E-state index in [2.05, 4.69) is 4.98 Å². The topological polar surface area (TPSA) is 125 Å². The molecule has 0 aliphatic carbocycles. The summed E-state index contributed by atoms with van der Waals surface area (Å²) in [6.45, 7) is 5.09. The molecule has 13 heteroatoms. The van der Waals surface area contributed by atoms with Crippen LogP contribution in [0.15, 0.2) is 106 Å². The van der Waals surface area contributed by atoms with Crippen LogP contribution in [-0.2, 0) is 43.2 Å². The molecule has 1 aromatic heterocycles. The van der Waals surface area contributed by atoms with Crippen molar-refractivity contribution in [3.8, 4) is 0 Å². The molecule has 10 nitrogen and oxygen atoms in total. The van der Waals surface area contributed by atoms with E-state index < -0.39 is 30.1 Å². The SMILES string of the molecule is Cc1ccc(S(=O)(=O)N2CCCN(S(=O)(=O)c3ccc(C)cc3)Cc3cccc(n3)CN(S(=O)(=O)c3ccc(C)cc3)CC2)cc1. The molecule has 0 amide bonds. The van der Waals surface area contributed by atoms with Gasteiger partial charge in [0.25, 0.3) is 0 Å². The molecule has 3 aromatic carbocycles. The molecule has 0 saturated heterocycles. The van der Waals surface area contributed by atoms with Crippen LogP contribution in [0.2, 0.25) is 0 Å². The van der Waals surface area contributed by atoms with Crippen molar-refractivity contribution in [1.82, 2.24) is 17.9 Å². The maximum Gasteiger partial charge on any atom is 0.243 e. The fourth-order valence-corrected chi connectivity index (χ4v) is 9.53. The van der Waals surface area contributed by atoms with Crippen LogP contribution in [0.4, 0.5) is 0 Å². The van der Waals surface area contributed by atoms with Crippen molar-refractivity contribution in [2.75, 3.05) is 26.2 Å². The lowest BCUT2D eigenvalue weighted by Crippen LogP contribution is -2.42. The van der Waals surface area contributed by atoms with Gasteiger partial charge in [0.2, 0.25) is 30.1 Å². The largest absolute Gasteiger partial charge is 0.255 e. The molecule has 46 heavy (non-hydrogen) atoms. The third kappa shape index (κ3) is 7.56. The molecular weight excluding hydrogens is 645 g/mol. The van der Waals surface area contributed by atoms with Gasteiger partial charge in [0.05, 0.1) is 39.2 Å². The Labute approximate surface area is 272 Å². The maximum absolute atomic E-state index is 13.9. The predicted octanol–water partition coefficient (Wildman–Crippen LogP) is 4.48. The third-order valence-electron chi connectivity index (χ3n) is 7.93. The van der Waals surface area contributed by atoms with Gasteiger partial charge in [-0.05, 0) is 75.7 Å². The summed E-state index contributed by atoms with van der Waals surface area (Å²) in [5, 5.41) is 0. The van der Waals surface area contributed by atoms with Crippen LogP contribution < -0.4 is 0 Å². The molecule has 1 aliphatic heterocycles. The Balaban J connectivity index is 1.57. The first-order valence-corrected chi connectivity index (χ1v) is 19.2. The first-order chi connectivity index (χ1) is 21.8. The van der Waals surface area contributed by atoms with Crippen LogP contribution in [0.3, 0.4) is 0 Å². The van der Waals surface area contributed by atoms with Crippen molar-refractivity contribution in [2.24, 2.45) is 0 Å². The minimum atomic E-state index is -4.05. The van der Waals surface area contributed by atoms with Crippen LogP contribution in [0.1, 0.15) is 34.5 Å². The number of hydrogen-bond donors (Lipinski definition) is 0.